The predicted molar refractivity (Wildman–Crippen MR) is 143 cm³/mol. The number of hydrogen-bond acceptors (Lipinski definition) is 5. The summed E-state index contributed by atoms with van der Waals surface area (Å²) in [5.74, 6) is 0.314. The van der Waals surface area contributed by atoms with E-state index in [0.29, 0.717) is 18.0 Å². The van der Waals surface area contributed by atoms with Crippen LogP contribution in [0.4, 0.5) is 15.3 Å². The van der Waals surface area contributed by atoms with Crippen LogP contribution in [0.15, 0.2) is 53.4 Å². The van der Waals surface area contributed by atoms with Crippen LogP contribution in [0.1, 0.15) is 76.7 Å². The molecule has 9 heteroatoms. The molecule has 0 bridgehead atoms. The first kappa shape index (κ1) is 29.2. The summed E-state index contributed by atoms with van der Waals surface area (Å²) < 4.78 is 31.8. The second kappa shape index (κ2) is 15.8. The van der Waals surface area contributed by atoms with Gasteiger partial charge in [0.15, 0.2) is 0 Å². The van der Waals surface area contributed by atoms with E-state index < -0.39 is 22.1 Å². The number of sulfonamides is 1. The quantitative estimate of drug-likeness (QED) is 0.233. The largest absolute Gasteiger partial charge is 0.412 e. The maximum Gasteiger partial charge on any atom is 0.412 e. The molecular formula is C27H39N3O5S. The highest BCUT2D eigenvalue weighted by Gasteiger charge is 2.17. The second-order valence-electron chi connectivity index (χ2n) is 8.90. The summed E-state index contributed by atoms with van der Waals surface area (Å²) in [5, 5.41) is 5.19. The number of ether oxygens (including phenoxy) is 1. The van der Waals surface area contributed by atoms with Gasteiger partial charge in [-0.25, -0.2) is 22.7 Å². The van der Waals surface area contributed by atoms with E-state index in [0.717, 1.165) is 18.4 Å². The van der Waals surface area contributed by atoms with Gasteiger partial charge >= 0.3 is 12.1 Å². The fourth-order valence-corrected chi connectivity index (χ4v) is 4.51. The summed E-state index contributed by atoms with van der Waals surface area (Å²) in [7, 11) is -3.98. The SMILES string of the molecule is CCCCCCCCCCCCNC(=O)Oc1ccc(NC(=O)NS(=O)(=O)c2ccc(C)cc2)cc1. The number of aryl methyl sites for hydroxylation is 1. The number of carbonyl (C=O) groups excluding carboxylic acids is 2. The summed E-state index contributed by atoms with van der Waals surface area (Å²) in [5.41, 5.74) is 1.26. The molecule has 0 unspecified atom stereocenters. The van der Waals surface area contributed by atoms with Gasteiger partial charge in [-0.15, -0.1) is 0 Å². The van der Waals surface area contributed by atoms with Crippen LogP contribution < -0.4 is 20.1 Å². The third kappa shape index (κ3) is 11.6. The molecule has 0 saturated carbocycles. The van der Waals surface area contributed by atoms with E-state index in [1.54, 1.807) is 12.1 Å². The van der Waals surface area contributed by atoms with Gasteiger partial charge in [0, 0.05) is 12.2 Å². The van der Waals surface area contributed by atoms with Crippen molar-refractivity contribution in [3.63, 3.8) is 0 Å². The molecule has 0 atom stereocenters. The molecule has 0 aliphatic carbocycles. The molecular weight excluding hydrogens is 478 g/mol. The highest BCUT2D eigenvalue weighted by molar-refractivity contribution is 7.90. The van der Waals surface area contributed by atoms with Gasteiger partial charge in [0.05, 0.1) is 4.90 Å². The van der Waals surface area contributed by atoms with Crippen molar-refractivity contribution in [2.75, 3.05) is 11.9 Å². The van der Waals surface area contributed by atoms with E-state index in [4.69, 9.17) is 4.74 Å². The van der Waals surface area contributed by atoms with E-state index in [-0.39, 0.29) is 4.90 Å². The molecule has 3 amide bonds. The Bertz CT molecular complexity index is 1040. The first-order valence-electron chi connectivity index (χ1n) is 12.8. The summed E-state index contributed by atoms with van der Waals surface area (Å²) in [4.78, 5) is 24.1. The highest BCUT2D eigenvalue weighted by Crippen LogP contribution is 2.16. The molecule has 0 saturated heterocycles. The Hall–Kier alpha value is -3.07. The molecule has 0 spiro atoms. The summed E-state index contributed by atoms with van der Waals surface area (Å²) in [6.45, 7) is 4.63. The van der Waals surface area contributed by atoms with E-state index in [1.807, 2.05) is 11.6 Å². The van der Waals surface area contributed by atoms with Crippen molar-refractivity contribution in [1.82, 2.24) is 10.0 Å². The monoisotopic (exact) mass is 517 g/mol. The molecule has 0 aliphatic heterocycles. The van der Waals surface area contributed by atoms with Crippen molar-refractivity contribution in [1.29, 1.82) is 0 Å². The molecule has 0 aromatic heterocycles. The van der Waals surface area contributed by atoms with Crippen LogP contribution in [0.3, 0.4) is 0 Å². The fraction of sp³-hybridized carbons (Fsp3) is 0.481. The average molecular weight is 518 g/mol. The topological polar surface area (TPSA) is 114 Å². The number of unbranched alkanes of at least 4 members (excludes halogenated alkanes) is 9. The molecule has 8 nitrogen and oxygen atoms in total. The molecule has 0 radical (unpaired) electrons. The number of benzene rings is 2. The van der Waals surface area contributed by atoms with Gasteiger partial charge in [0.2, 0.25) is 0 Å². The number of amides is 3. The number of hydrogen-bond donors (Lipinski definition) is 3. The van der Waals surface area contributed by atoms with E-state index >= 15 is 0 Å². The molecule has 3 N–H and O–H groups in total. The standard InChI is InChI=1S/C27H39N3O5S/c1-3-4-5-6-7-8-9-10-11-12-21-28-27(32)35-24-17-15-23(16-18-24)29-26(31)30-36(33,34)25-19-13-22(2)14-20-25/h13-20H,3-12,21H2,1-2H3,(H,28,32)(H2,29,30,31). The van der Waals surface area contributed by atoms with Gasteiger partial charge in [0.1, 0.15) is 5.75 Å². The molecule has 0 fully saturated rings. The van der Waals surface area contributed by atoms with Gasteiger partial charge in [-0.1, -0.05) is 82.4 Å². The van der Waals surface area contributed by atoms with Crippen molar-refractivity contribution < 1.29 is 22.7 Å². The van der Waals surface area contributed by atoms with Crippen molar-refractivity contribution in [2.45, 2.75) is 83.0 Å². The van der Waals surface area contributed by atoms with Gasteiger partial charge in [-0.05, 0) is 49.7 Å². The first-order valence-corrected chi connectivity index (χ1v) is 14.2. The number of anilines is 1. The van der Waals surface area contributed by atoms with Crippen LogP contribution in [-0.4, -0.2) is 27.1 Å². The van der Waals surface area contributed by atoms with Crippen LogP contribution in [-0.2, 0) is 10.0 Å². The molecule has 2 aromatic carbocycles. The Morgan fingerprint density at radius 3 is 1.92 bits per heavy atom. The lowest BCUT2D eigenvalue weighted by atomic mass is 10.1. The van der Waals surface area contributed by atoms with E-state index in [9.17, 15) is 18.0 Å². The lowest BCUT2D eigenvalue weighted by Gasteiger charge is -2.10. The average Bonchev–Trinajstić information content (AvgIpc) is 2.83. The van der Waals surface area contributed by atoms with E-state index in [2.05, 4.69) is 17.6 Å². The molecule has 198 valence electrons. The minimum atomic E-state index is -3.98. The Kier molecular flexibility index (Phi) is 12.8. The number of rotatable bonds is 15. The minimum Gasteiger partial charge on any atom is -0.410 e. The van der Waals surface area contributed by atoms with Crippen LogP contribution in [0, 0.1) is 6.92 Å². The van der Waals surface area contributed by atoms with Gasteiger partial charge in [0.25, 0.3) is 10.0 Å². The molecule has 2 aromatic rings. The van der Waals surface area contributed by atoms with Gasteiger partial charge in [-0.3, -0.25) is 0 Å². The van der Waals surface area contributed by atoms with Crippen molar-refractivity contribution >= 4 is 27.8 Å². The van der Waals surface area contributed by atoms with Crippen LogP contribution in [0.2, 0.25) is 0 Å². The van der Waals surface area contributed by atoms with Crippen molar-refractivity contribution in [3.8, 4) is 5.75 Å². The Labute approximate surface area is 215 Å². The number of carbonyl (C=O) groups is 2. The van der Waals surface area contributed by atoms with Crippen LogP contribution >= 0.6 is 0 Å². The smallest absolute Gasteiger partial charge is 0.410 e. The van der Waals surface area contributed by atoms with Crippen molar-refractivity contribution in [3.05, 3.63) is 54.1 Å². The van der Waals surface area contributed by atoms with Crippen LogP contribution in [0.25, 0.3) is 0 Å². The van der Waals surface area contributed by atoms with Crippen LogP contribution in [0.5, 0.6) is 5.75 Å². The Balaban J connectivity index is 1.62. The normalized spacial score (nSPS) is 11.1. The highest BCUT2D eigenvalue weighted by atomic mass is 32.2. The van der Waals surface area contributed by atoms with Crippen molar-refractivity contribution in [2.24, 2.45) is 0 Å². The zero-order valence-electron chi connectivity index (χ0n) is 21.3. The first-order chi connectivity index (χ1) is 17.3. The van der Waals surface area contributed by atoms with E-state index in [1.165, 1.54) is 87.8 Å². The molecule has 2 rings (SSSR count). The molecule has 0 heterocycles. The lowest BCUT2D eigenvalue weighted by molar-refractivity contribution is 0.200. The number of urea groups is 1. The Morgan fingerprint density at radius 2 is 1.33 bits per heavy atom. The lowest BCUT2D eigenvalue weighted by Crippen LogP contribution is -2.34. The van der Waals surface area contributed by atoms with Gasteiger partial charge < -0.3 is 15.4 Å². The fourth-order valence-electron chi connectivity index (χ4n) is 3.61. The maximum absolute atomic E-state index is 12.3. The summed E-state index contributed by atoms with van der Waals surface area (Å²) in [6.07, 6.45) is 11.8. The third-order valence-corrected chi connectivity index (χ3v) is 7.03. The summed E-state index contributed by atoms with van der Waals surface area (Å²) in [6, 6.07) is 11.3. The Morgan fingerprint density at radius 1 is 0.778 bits per heavy atom. The second-order valence-corrected chi connectivity index (χ2v) is 10.6. The molecule has 36 heavy (non-hydrogen) atoms. The number of nitrogens with one attached hydrogen (secondary N) is 3. The zero-order chi connectivity index (χ0) is 26.2. The third-order valence-electron chi connectivity index (χ3n) is 5.68. The summed E-state index contributed by atoms with van der Waals surface area (Å²) >= 11 is 0. The zero-order valence-corrected chi connectivity index (χ0v) is 22.2. The maximum atomic E-state index is 12.3. The molecule has 0 aliphatic rings. The predicted octanol–water partition coefficient (Wildman–Crippen LogP) is 6.51. The van der Waals surface area contributed by atoms with Gasteiger partial charge in [-0.2, -0.15) is 0 Å². The minimum absolute atomic E-state index is 0.00387.